The predicted octanol–water partition coefficient (Wildman–Crippen LogP) is 5.42. The van der Waals surface area contributed by atoms with Crippen LogP contribution in [0.25, 0.3) is 16.3 Å². The van der Waals surface area contributed by atoms with Crippen LogP contribution in [-0.2, 0) is 4.79 Å². The molecule has 0 bridgehead atoms. The molecule has 0 spiro atoms. The van der Waals surface area contributed by atoms with Gasteiger partial charge in [-0.15, -0.1) is 0 Å². The van der Waals surface area contributed by atoms with Crippen LogP contribution in [0.5, 0.6) is 5.75 Å². The van der Waals surface area contributed by atoms with E-state index in [2.05, 4.69) is 32.3 Å². The molecule has 0 saturated carbocycles. The number of anilines is 1. The predicted molar refractivity (Wildman–Crippen MR) is 107 cm³/mol. The van der Waals surface area contributed by atoms with E-state index in [0.29, 0.717) is 11.7 Å². The van der Waals surface area contributed by atoms with Crippen LogP contribution in [0.15, 0.2) is 46.9 Å². The van der Waals surface area contributed by atoms with Gasteiger partial charge in [-0.3, -0.25) is 10.1 Å². The molecule has 6 heteroatoms. The number of nitrogens with zero attached hydrogens (tertiary/aromatic N) is 1. The number of amides is 1. The summed E-state index contributed by atoms with van der Waals surface area (Å²) >= 11 is 4.90. The molecule has 1 heterocycles. The molecule has 0 aliphatic carbocycles. The van der Waals surface area contributed by atoms with Crippen LogP contribution in [0.1, 0.15) is 18.1 Å². The molecule has 0 fully saturated rings. The molecule has 0 aliphatic heterocycles. The highest BCUT2D eigenvalue weighted by molar-refractivity contribution is 9.10. The second kappa shape index (κ2) is 7.80. The number of thiazole rings is 1. The zero-order valence-electron chi connectivity index (χ0n) is 13.9. The van der Waals surface area contributed by atoms with Crippen LogP contribution < -0.4 is 10.1 Å². The molecule has 0 atom stereocenters. The van der Waals surface area contributed by atoms with Gasteiger partial charge in [-0.2, -0.15) is 0 Å². The number of carbonyl (C=O) groups excluding carboxylic acids is 1. The zero-order chi connectivity index (χ0) is 17.8. The van der Waals surface area contributed by atoms with Crippen molar-refractivity contribution in [1.82, 2.24) is 4.98 Å². The monoisotopic (exact) mass is 416 g/mol. The summed E-state index contributed by atoms with van der Waals surface area (Å²) < 4.78 is 7.57. The first-order chi connectivity index (χ1) is 12.0. The Labute approximate surface area is 158 Å². The van der Waals surface area contributed by atoms with Gasteiger partial charge in [0.15, 0.2) is 5.13 Å². The highest BCUT2D eigenvalue weighted by atomic mass is 79.9. The number of nitrogens with one attached hydrogen (secondary N) is 1. The number of rotatable bonds is 5. The van der Waals surface area contributed by atoms with Gasteiger partial charge in [-0.05, 0) is 55.8 Å². The van der Waals surface area contributed by atoms with Crippen LogP contribution >= 0.6 is 27.3 Å². The van der Waals surface area contributed by atoms with Gasteiger partial charge < -0.3 is 4.74 Å². The van der Waals surface area contributed by atoms with E-state index in [-0.39, 0.29) is 5.91 Å². The maximum Gasteiger partial charge on any atom is 0.250 e. The quantitative estimate of drug-likeness (QED) is 0.565. The molecule has 1 aromatic heterocycles. The Kier molecular flexibility index (Phi) is 5.50. The SMILES string of the molecule is CCOc1ccc(Br)cc1C=CC(=O)Nc1nc2ccc(C)cc2s1. The Morgan fingerprint density at radius 3 is 2.96 bits per heavy atom. The lowest BCUT2D eigenvalue weighted by atomic mass is 10.2. The molecule has 128 valence electrons. The average molecular weight is 417 g/mol. The molecular formula is C19H17BrN2O2S. The molecule has 25 heavy (non-hydrogen) atoms. The van der Waals surface area contributed by atoms with Crippen molar-refractivity contribution in [2.24, 2.45) is 0 Å². The van der Waals surface area contributed by atoms with Gasteiger partial charge >= 0.3 is 0 Å². The number of hydrogen-bond donors (Lipinski definition) is 1. The van der Waals surface area contributed by atoms with E-state index in [0.717, 1.165) is 26.0 Å². The second-order valence-corrected chi connectivity index (χ2v) is 7.37. The summed E-state index contributed by atoms with van der Waals surface area (Å²) in [6.45, 7) is 4.53. The van der Waals surface area contributed by atoms with Crippen molar-refractivity contribution in [3.05, 3.63) is 58.1 Å². The number of carbonyl (C=O) groups is 1. The summed E-state index contributed by atoms with van der Waals surface area (Å²) in [5, 5.41) is 3.41. The fraction of sp³-hybridized carbons (Fsp3) is 0.158. The number of aromatic nitrogens is 1. The van der Waals surface area contributed by atoms with Crippen molar-refractivity contribution in [2.45, 2.75) is 13.8 Å². The van der Waals surface area contributed by atoms with Crippen LogP contribution in [-0.4, -0.2) is 17.5 Å². The minimum absolute atomic E-state index is 0.224. The van der Waals surface area contributed by atoms with E-state index < -0.39 is 0 Å². The average Bonchev–Trinajstić information content (AvgIpc) is 2.96. The standard InChI is InChI=1S/C19H17BrN2O2S/c1-3-24-16-8-6-14(20)11-13(16)5-9-18(23)22-19-21-15-7-4-12(2)10-17(15)25-19/h4-11H,3H2,1-2H3,(H,21,22,23). The summed E-state index contributed by atoms with van der Waals surface area (Å²) in [6.07, 6.45) is 3.23. The fourth-order valence-corrected chi connectivity index (χ4v) is 3.68. The van der Waals surface area contributed by atoms with Crippen molar-refractivity contribution in [1.29, 1.82) is 0 Å². The van der Waals surface area contributed by atoms with E-state index in [9.17, 15) is 4.79 Å². The number of hydrogen-bond acceptors (Lipinski definition) is 4. The first-order valence-electron chi connectivity index (χ1n) is 7.84. The van der Waals surface area contributed by atoms with Crippen molar-refractivity contribution in [2.75, 3.05) is 11.9 Å². The topological polar surface area (TPSA) is 51.2 Å². The summed E-state index contributed by atoms with van der Waals surface area (Å²) in [4.78, 5) is 16.6. The van der Waals surface area contributed by atoms with Crippen LogP contribution in [0, 0.1) is 6.92 Å². The second-order valence-electron chi connectivity index (χ2n) is 5.43. The molecule has 0 unspecified atom stereocenters. The van der Waals surface area contributed by atoms with E-state index in [1.165, 1.54) is 23.0 Å². The summed E-state index contributed by atoms with van der Waals surface area (Å²) in [5.74, 6) is 0.517. The van der Waals surface area contributed by atoms with Gasteiger partial charge in [-0.25, -0.2) is 4.98 Å². The summed E-state index contributed by atoms with van der Waals surface area (Å²) in [6, 6.07) is 11.7. The van der Waals surface area contributed by atoms with Crippen molar-refractivity contribution in [3.8, 4) is 5.75 Å². The van der Waals surface area contributed by atoms with Crippen molar-refractivity contribution >= 4 is 54.6 Å². The highest BCUT2D eigenvalue weighted by Crippen LogP contribution is 2.27. The van der Waals surface area contributed by atoms with Crippen molar-refractivity contribution < 1.29 is 9.53 Å². The minimum Gasteiger partial charge on any atom is -0.493 e. The highest BCUT2D eigenvalue weighted by Gasteiger charge is 2.07. The first kappa shape index (κ1) is 17.6. The number of ether oxygens (including phenoxy) is 1. The first-order valence-corrected chi connectivity index (χ1v) is 9.44. The fourth-order valence-electron chi connectivity index (χ4n) is 2.33. The zero-order valence-corrected chi connectivity index (χ0v) is 16.3. The smallest absolute Gasteiger partial charge is 0.250 e. The molecule has 1 N–H and O–H groups in total. The van der Waals surface area contributed by atoms with Gasteiger partial charge in [0.25, 0.3) is 0 Å². The normalized spacial score (nSPS) is 11.2. The van der Waals surface area contributed by atoms with E-state index >= 15 is 0 Å². The Balaban J connectivity index is 1.75. The Morgan fingerprint density at radius 2 is 2.16 bits per heavy atom. The van der Waals surface area contributed by atoms with Crippen molar-refractivity contribution in [3.63, 3.8) is 0 Å². The Bertz CT molecular complexity index is 950. The molecular weight excluding hydrogens is 400 g/mol. The molecule has 1 amide bonds. The Morgan fingerprint density at radius 1 is 1.32 bits per heavy atom. The third-order valence-electron chi connectivity index (χ3n) is 3.46. The molecule has 4 nitrogen and oxygen atoms in total. The third-order valence-corrected chi connectivity index (χ3v) is 4.89. The lowest BCUT2D eigenvalue weighted by molar-refractivity contribution is -0.111. The maximum atomic E-state index is 12.2. The molecule has 3 rings (SSSR count). The van der Waals surface area contributed by atoms with Crippen LogP contribution in [0.2, 0.25) is 0 Å². The number of fused-ring (bicyclic) bond motifs is 1. The third kappa shape index (κ3) is 4.46. The number of halogens is 1. The minimum atomic E-state index is -0.224. The van der Waals surface area contributed by atoms with Gasteiger partial charge in [0.2, 0.25) is 5.91 Å². The van der Waals surface area contributed by atoms with Gasteiger partial charge in [0.05, 0.1) is 16.8 Å². The largest absolute Gasteiger partial charge is 0.493 e. The molecule has 3 aromatic rings. The van der Waals surface area contributed by atoms with Gasteiger partial charge in [0.1, 0.15) is 5.75 Å². The molecule has 0 radical (unpaired) electrons. The number of benzene rings is 2. The van der Waals surface area contributed by atoms with Gasteiger partial charge in [-0.1, -0.05) is 33.3 Å². The molecule has 0 aliphatic rings. The Hall–Kier alpha value is -2.18. The van der Waals surface area contributed by atoms with E-state index in [1.807, 2.05) is 44.2 Å². The summed E-state index contributed by atoms with van der Waals surface area (Å²) in [7, 11) is 0. The van der Waals surface area contributed by atoms with E-state index in [4.69, 9.17) is 4.74 Å². The summed E-state index contributed by atoms with van der Waals surface area (Å²) in [5.41, 5.74) is 2.90. The molecule has 2 aromatic carbocycles. The van der Waals surface area contributed by atoms with Crippen LogP contribution in [0.3, 0.4) is 0 Å². The lowest BCUT2D eigenvalue weighted by Gasteiger charge is -2.07. The van der Waals surface area contributed by atoms with Gasteiger partial charge in [0, 0.05) is 16.1 Å². The molecule has 0 saturated heterocycles. The van der Waals surface area contributed by atoms with E-state index in [1.54, 1.807) is 6.08 Å². The maximum absolute atomic E-state index is 12.2. The lowest BCUT2D eigenvalue weighted by Crippen LogP contribution is -2.07. The van der Waals surface area contributed by atoms with Crippen LogP contribution in [0.4, 0.5) is 5.13 Å². The number of aryl methyl sites for hydroxylation is 1.